The van der Waals surface area contributed by atoms with Crippen LogP contribution >= 0.6 is 0 Å². The molecule has 104 valence electrons. The Morgan fingerprint density at radius 2 is 1.70 bits per heavy atom. The van der Waals surface area contributed by atoms with Gasteiger partial charge in [0.1, 0.15) is 0 Å². The zero-order valence-corrected chi connectivity index (χ0v) is 11.8. The van der Waals surface area contributed by atoms with Crippen LogP contribution in [0, 0.1) is 0 Å². The van der Waals surface area contributed by atoms with Gasteiger partial charge in [0.05, 0.1) is 13.0 Å². The van der Waals surface area contributed by atoms with Crippen LogP contribution in [0.15, 0.2) is 48.5 Å². The van der Waals surface area contributed by atoms with Crippen molar-refractivity contribution in [1.29, 1.82) is 0 Å². The standard InChI is InChI=1S/C17H19NO2/c1-18(2)17(20)11-13-6-8-15(9-7-13)16-5-3-4-14(10-16)12-19/h3-10,19H,11-12H2,1-2H3. The number of likely N-dealkylation sites (N-methyl/N-ethyl adjacent to an activating group) is 1. The molecule has 0 fully saturated rings. The lowest BCUT2D eigenvalue weighted by Gasteiger charge is -2.10. The molecule has 0 heterocycles. The quantitative estimate of drug-likeness (QED) is 0.926. The van der Waals surface area contributed by atoms with Crippen molar-refractivity contribution in [3.05, 3.63) is 59.7 Å². The predicted molar refractivity (Wildman–Crippen MR) is 80.2 cm³/mol. The van der Waals surface area contributed by atoms with E-state index in [1.54, 1.807) is 19.0 Å². The molecule has 0 atom stereocenters. The molecule has 0 spiro atoms. The number of aliphatic hydroxyl groups is 1. The highest BCUT2D eigenvalue weighted by molar-refractivity contribution is 5.78. The van der Waals surface area contributed by atoms with Gasteiger partial charge in [0.25, 0.3) is 0 Å². The Kier molecular flexibility index (Phi) is 4.53. The molecule has 0 saturated heterocycles. The summed E-state index contributed by atoms with van der Waals surface area (Å²) >= 11 is 0. The fraction of sp³-hybridized carbons (Fsp3) is 0.235. The maximum atomic E-state index is 11.6. The van der Waals surface area contributed by atoms with E-state index < -0.39 is 0 Å². The monoisotopic (exact) mass is 269 g/mol. The molecule has 3 nitrogen and oxygen atoms in total. The van der Waals surface area contributed by atoms with Gasteiger partial charge in [0, 0.05) is 14.1 Å². The Bertz CT molecular complexity index is 588. The van der Waals surface area contributed by atoms with Crippen molar-refractivity contribution >= 4 is 5.91 Å². The number of nitrogens with zero attached hydrogens (tertiary/aromatic N) is 1. The smallest absolute Gasteiger partial charge is 0.226 e. The fourth-order valence-corrected chi connectivity index (χ4v) is 2.00. The fourth-order valence-electron chi connectivity index (χ4n) is 2.00. The van der Waals surface area contributed by atoms with Crippen LogP contribution in [0.1, 0.15) is 11.1 Å². The normalized spacial score (nSPS) is 10.3. The minimum atomic E-state index is 0.0449. The van der Waals surface area contributed by atoms with Crippen molar-refractivity contribution < 1.29 is 9.90 Å². The molecule has 2 aromatic carbocycles. The highest BCUT2D eigenvalue weighted by atomic mass is 16.3. The van der Waals surface area contributed by atoms with E-state index in [-0.39, 0.29) is 12.5 Å². The summed E-state index contributed by atoms with van der Waals surface area (Å²) in [6, 6.07) is 15.8. The first-order valence-electron chi connectivity index (χ1n) is 6.59. The number of carbonyl (C=O) groups is 1. The van der Waals surface area contributed by atoms with E-state index in [1.807, 2.05) is 48.5 Å². The van der Waals surface area contributed by atoms with E-state index >= 15 is 0 Å². The average molecular weight is 269 g/mol. The SMILES string of the molecule is CN(C)C(=O)Cc1ccc(-c2cccc(CO)c2)cc1. The van der Waals surface area contributed by atoms with Crippen LogP contribution in [-0.2, 0) is 17.8 Å². The number of amides is 1. The van der Waals surface area contributed by atoms with Gasteiger partial charge in [-0.3, -0.25) is 4.79 Å². The Morgan fingerprint density at radius 3 is 2.30 bits per heavy atom. The largest absolute Gasteiger partial charge is 0.392 e. The lowest BCUT2D eigenvalue weighted by atomic mass is 10.0. The molecule has 1 N–H and O–H groups in total. The summed E-state index contributed by atoms with van der Waals surface area (Å²) in [5.74, 6) is 0.0972. The average Bonchev–Trinajstić information content (AvgIpc) is 2.48. The van der Waals surface area contributed by atoms with Gasteiger partial charge in [0.15, 0.2) is 0 Å². The maximum Gasteiger partial charge on any atom is 0.226 e. The van der Waals surface area contributed by atoms with E-state index in [2.05, 4.69) is 0 Å². The zero-order chi connectivity index (χ0) is 14.5. The second-order valence-corrected chi connectivity index (χ2v) is 5.02. The maximum absolute atomic E-state index is 11.6. The lowest BCUT2D eigenvalue weighted by Crippen LogP contribution is -2.23. The number of aliphatic hydroxyl groups excluding tert-OH is 1. The summed E-state index contributed by atoms with van der Waals surface area (Å²) in [6.45, 7) is 0.0449. The van der Waals surface area contributed by atoms with Crippen LogP contribution in [0.2, 0.25) is 0 Å². The van der Waals surface area contributed by atoms with Gasteiger partial charge in [-0.15, -0.1) is 0 Å². The third-order valence-corrected chi connectivity index (χ3v) is 3.25. The third kappa shape index (κ3) is 3.45. The van der Waals surface area contributed by atoms with E-state index in [4.69, 9.17) is 5.11 Å². The first-order chi connectivity index (χ1) is 9.60. The van der Waals surface area contributed by atoms with Crippen molar-refractivity contribution in [2.75, 3.05) is 14.1 Å². The highest BCUT2D eigenvalue weighted by Crippen LogP contribution is 2.21. The summed E-state index contributed by atoms with van der Waals surface area (Å²) in [5, 5.41) is 9.16. The molecule has 0 unspecified atom stereocenters. The van der Waals surface area contributed by atoms with E-state index in [1.165, 1.54) is 0 Å². The third-order valence-electron chi connectivity index (χ3n) is 3.25. The van der Waals surface area contributed by atoms with Gasteiger partial charge in [0.2, 0.25) is 5.91 Å². The molecule has 20 heavy (non-hydrogen) atoms. The van der Waals surface area contributed by atoms with Crippen LogP contribution < -0.4 is 0 Å². The molecule has 0 radical (unpaired) electrons. The number of hydrogen-bond acceptors (Lipinski definition) is 2. The molecule has 3 heteroatoms. The number of benzene rings is 2. The Morgan fingerprint density at radius 1 is 1.00 bits per heavy atom. The van der Waals surface area contributed by atoms with Crippen molar-refractivity contribution in [3.8, 4) is 11.1 Å². The molecule has 2 rings (SSSR count). The molecule has 0 aliphatic rings. The zero-order valence-electron chi connectivity index (χ0n) is 11.8. The van der Waals surface area contributed by atoms with Crippen molar-refractivity contribution in [2.24, 2.45) is 0 Å². The molecule has 0 bridgehead atoms. The summed E-state index contributed by atoms with van der Waals surface area (Å²) in [5.41, 5.74) is 4.06. The van der Waals surface area contributed by atoms with E-state index in [9.17, 15) is 4.79 Å². The molecular formula is C17H19NO2. The Balaban J connectivity index is 2.17. The summed E-state index contributed by atoms with van der Waals surface area (Å²) in [6.07, 6.45) is 0.421. The number of rotatable bonds is 4. The van der Waals surface area contributed by atoms with Crippen molar-refractivity contribution in [2.45, 2.75) is 13.0 Å². The molecule has 2 aromatic rings. The second kappa shape index (κ2) is 6.35. The minimum Gasteiger partial charge on any atom is -0.392 e. The van der Waals surface area contributed by atoms with Gasteiger partial charge in [-0.25, -0.2) is 0 Å². The summed E-state index contributed by atoms with van der Waals surface area (Å²) in [7, 11) is 3.52. The Labute approximate surface area is 119 Å². The minimum absolute atomic E-state index is 0.0449. The van der Waals surface area contributed by atoms with Crippen molar-refractivity contribution in [1.82, 2.24) is 4.90 Å². The molecule has 0 aromatic heterocycles. The number of hydrogen-bond donors (Lipinski definition) is 1. The molecule has 0 aliphatic carbocycles. The first-order valence-corrected chi connectivity index (χ1v) is 6.59. The van der Waals surface area contributed by atoms with Gasteiger partial charge in [-0.05, 0) is 28.3 Å². The second-order valence-electron chi connectivity index (χ2n) is 5.02. The molecule has 1 amide bonds. The molecule has 0 saturated carbocycles. The van der Waals surface area contributed by atoms with Crippen LogP contribution in [0.25, 0.3) is 11.1 Å². The topological polar surface area (TPSA) is 40.5 Å². The van der Waals surface area contributed by atoms with Gasteiger partial charge in [-0.1, -0.05) is 42.5 Å². The summed E-state index contributed by atoms with van der Waals surface area (Å²) in [4.78, 5) is 13.2. The molecular weight excluding hydrogens is 250 g/mol. The van der Waals surface area contributed by atoms with Gasteiger partial charge in [-0.2, -0.15) is 0 Å². The molecule has 0 aliphatic heterocycles. The highest BCUT2D eigenvalue weighted by Gasteiger charge is 2.06. The van der Waals surface area contributed by atoms with Crippen LogP contribution in [0.3, 0.4) is 0 Å². The predicted octanol–water partition coefficient (Wildman–Crippen LogP) is 2.48. The van der Waals surface area contributed by atoms with E-state index in [0.29, 0.717) is 6.42 Å². The van der Waals surface area contributed by atoms with Crippen LogP contribution in [0.5, 0.6) is 0 Å². The first kappa shape index (κ1) is 14.3. The van der Waals surface area contributed by atoms with Gasteiger partial charge >= 0.3 is 0 Å². The summed E-state index contributed by atoms with van der Waals surface area (Å²) < 4.78 is 0. The van der Waals surface area contributed by atoms with Crippen LogP contribution in [-0.4, -0.2) is 30.0 Å². The number of carbonyl (C=O) groups excluding carboxylic acids is 1. The van der Waals surface area contributed by atoms with E-state index in [0.717, 1.165) is 22.3 Å². The lowest BCUT2D eigenvalue weighted by molar-refractivity contribution is -0.127. The Hall–Kier alpha value is -2.13. The van der Waals surface area contributed by atoms with Crippen molar-refractivity contribution in [3.63, 3.8) is 0 Å². The van der Waals surface area contributed by atoms with Gasteiger partial charge < -0.3 is 10.0 Å². The van der Waals surface area contributed by atoms with Crippen LogP contribution in [0.4, 0.5) is 0 Å².